The van der Waals surface area contributed by atoms with E-state index in [1.54, 1.807) is 0 Å². The molecule has 0 radical (unpaired) electrons. The van der Waals surface area contributed by atoms with Crippen molar-refractivity contribution in [1.82, 2.24) is 0 Å². The van der Waals surface area contributed by atoms with Gasteiger partial charge in [-0.3, -0.25) is 10.2 Å². The second-order valence-electron chi connectivity index (χ2n) is 3.79. The van der Waals surface area contributed by atoms with E-state index in [2.05, 4.69) is 0 Å². The quantitative estimate of drug-likeness (QED) is 0.495. The molecule has 0 saturated heterocycles. The molecule has 0 aliphatic rings. The van der Waals surface area contributed by atoms with E-state index in [1.807, 2.05) is 27.7 Å². The van der Waals surface area contributed by atoms with Crippen LogP contribution in [0.1, 0.15) is 27.7 Å². The number of amidine groups is 1. The largest absolute Gasteiger partial charge is 0.381 e. The van der Waals surface area contributed by atoms with Gasteiger partial charge in [0.2, 0.25) is 0 Å². The van der Waals surface area contributed by atoms with Crippen LogP contribution in [0.2, 0.25) is 0 Å². The van der Waals surface area contributed by atoms with E-state index in [0.29, 0.717) is 0 Å². The van der Waals surface area contributed by atoms with Gasteiger partial charge in [0.25, 0.3) is 0 Å². The summed E-state index contributed by atoms with van der Waals surface area (Å²) in [6.45, 7) is 7.91. The third kappa shape index (κ3) is 2.64. The van der Waals surface area contributed by atoms with E-state index in [1.165, 1.54) is 0 Å². The predicted octanol–water partition coefficient (Wildman–Crippen LogP) is 1.42. The first-order valence-corrected chi connectivity index (χ1v) is 4.26. The number of nitrogens with two attached hydrogens (primary N) is 1. The van der Waals surface area contributed by atoms with Crippen LogP contribution in [0.15, 0.2) is 0 Å². The molecule has 0 rings (SSSR count). The topological polar surface area (TPSA) is 66.9 Å². The Morgan fingerprint density at radius 3 is 1.58 bits per heavy atom. The third-order valence-electron chi connectivity index (χ3n) is 2.00. The monoisotopic (exact) mass is 170 g/mol. The van der Waals surface area contributed by atoms with Gasteiger partial charge in [0.15, 0.2) is 11.6 Å². The molecule has 0 bridgehead atoms. The summed E-state index contributed by atoms with van der Waals surface area (Å²) in [6, 6.07) is 0. The molecular weight excluding hydrogens is 152 g/mol. The second-order valence-corrected chi connectivity index (χ2v) is 3.79. The highest BCUT2D eigenvalue weighted by Gasteiger charge is 2.26. The fraction of sp³-hybridized carbons (Fsp3) is 0.778. The van der Waals surface area contributed by atoms with Crippen LogP contribution >= 0.6 is 0 Å². The van der Waals surface area contributed by atoms with Crippen LogP contribution in [0.3, 0.4) is 0 Å². The Morgan fingerprint density at radius 1 is 1.17 bits per heavy atom. The van der Waals surface area contributed by atoms with Crippen LogP contribution in [0.4, 0.5) is 0 Å². The lowest BCUT2D eigenvalue weighted by molar-refractivity contribution is -0.119. The van der Waals surface area contributed by atoms with Gasteiger partial charge in [-0.05, 0) is 11.8 Å². The predicted molar refractivity (Wildman–Crippen MR) is 50.1 cm³/mol. The van der Waals surface area contributed by atoms with Crippen molar-refractivity contribution in [3.05, 3.63) is 0 Å². The minimum Gasteiger partial charge on any atom is -0.381 e. The van der Waals surface area contributed by atoms with Gasteiger partial charge in [0.1, 0.15) is 0 Å². The highest BCUT2D eigenvalue weighted by Crippen LogP contribution is 2.21. The lowest BCUT2D eigenvalue weighted by Gasteiger charge is -2.22. The molecule has 0 saturated carbocycles. The Morgan fingerprint density at radius 2 is 1.50 bits per heavy atom. The van der Waals surface area contributed by atoms with E-state index >= 15 is 0 Å². The van der Waals surface area contributed by atoms with E-state index in [-0.39, 0.29) is 29.4 Å². The Kier molecular flexibility index (Phi) is 3.93. The molecule has 0 fully saturated rings. The second kappa shape index (κ2) is 4.24. The Labute approximate surface area is 73.8 Å². The molecule has 0 aliphatic heterocycles. The van der Waals surface area contributed by atoms with Crippen molar-refractivity contribution < 1.29 is 4.79 Å². The molecule has 0 amide bonds. The van der Waals surface area contributed by atoms with Crippen LogP contribution in [0.25, 0.3) is 0 Å². The summed E-state index contributed by atoms with van der Waals surface area (Å²) in [4.78, 5) is 11.4. The van der Waals surface area contributed by atoms with Crippen molar-refractivity contribution in [1.29, 1.82) is 5.41 Å². The molecule has 0 aromatic rings. The molecule has 0 aromatic carbocycles. The molecule has 0 aromatic heterocycles. The SMILES string of the molecule is CC(C)C(C(=O)C(=N)N)C(C)C. The molecule has 0 aliphatic carbocycles. The minimum absolute atomic E-state index is 0.109. The van der Waals surface area contributed by atoms with Gasteiger partial charge in [-0.1, -0.05) is 27.7 Å². The van der Waals surface area contributed by atoms with Crippen molar-refractivity contribution in [2.75, 3.05) is 0 Å². The number of Topliss-reactive ketones (excluding diaryl/α,β-unsaturated/α-hetero) is 1. The van der Waals surface area contributed by atoms with Crippen molar-refractivity contribution in [3.8, 4) is 0 Å². The first-order chi connectivity index (χ1) is 5.37. The summed E-state index contributed by atoms with van der Waals surface area (Å²) in [5.74, 6) is -0.146. The molecule has 0 unspecified atom stereocenters. The molecule has 0 spiro atoms. The fourth-order valence-corrected chi connectivity index (χ4v) is 1.55. The molecule has 0 atom stereocenters. The Bertz CT molecular complexity index is 177. The zero-order valence-corrected chi connectivity index (χ0v) is 8.22. The maximum Gasteiger partial charge on any atom is 0.200 e. The summed E-state index contributed by atoms with van der Waals surface area (Å²) in [5.41, 5.74) is 5.15. The Hall–Kier alpha value is -0.860. The van der Waals surface area contributed by atoms with Gasteiger partial charge < -0.3 is 5.73 Å². The van der Waals surface area contributed by atoms with Crippen molar-refractivity contribution in [2.45, 2.75) is 27.7 Å². The van der Waals surface area contributed by atoms with Gasteiger partial charge in [-0.25, -0.2) is 0 Å². The van der Waals surface area contributed by atoms with Gasteiger partial charge >= 0.3 is 0 Å². The number of nitrogens with one attached hydrogen (secondary N) is 1. The number of rotatable bonds is 4. The first kappa shape index (κ1) is 11.1. The fourth-order valence-electron chi connectivity index (χ4n) is 1.55. The first-order valence-electron chi connectivity index (χ1n) is 4.26. The Balaban J connectivity index is 4.52. The zero-order chi connectivity index (χ0) is 9.89. The van der Waals surface area contributed by atoms with Crippen molar-refractivity contribution in [2.24, 2.45) is 23.5 Å². The van der Waals surface area contributed by atoms with Crippen molar-refractivity contribution in [3.63, 3.8) is 0 Å². The average molecular weight is 170 g/mol. The number of carbonyl (C=O) groups is 1. The molecule has 0 heterocycles. The lowest BCUT2D eigenvalue weighted by atomic mass is 9.82. The summed E-state index contributed by atoms with van der Waals surface area (Å²) in [6.07, 6.45) is 0. The maximum atomic E-state index is 11.4. The molecule has 12 heavy (non-hydrogen) atoms. The highest BCUT2D eigenvalue weighted by molar-refractivity contribution is 6.37. The zero-order valence-electron chi connectivity index (χ0n) is 8.22. The highest BCUT2D eigenvalue weighted by atomic mass is 16.1. The van der Waals surface area contributed by atoms with Crippen LogP contribution < -0.4 is 5.73 Å². The van der Waals surface area contributed by atoms with Crippen LogP contribution in [0.5, 0.6) is 0 Å². The van der Waals surface area contributed by atoms with E-state index in [0.717, 1.165) is 0 Å². The molecule has 3 nitrogen and oxygen atoms in total. The van der Waals surface area contributed by atoms with Gasteiger partial charge in [0.05, 0.1) is 0 Å². The standard InChI is InChI=1S/C9H18N2O/c1-5(2)7(6(3)4)8(12)9(10)11/h5-7H,1-4H3,(H3,10,11). The summed E-state index contributed by atoms with van der Waals surface area (Å²) >= 11 is 0. The number of hydrogen-bond acceptors (Lipinski definition) is 2. The summed E-state index contributed by atoms with van der Waals surface area (Å²) in [7, 11) is 0. The van der Waals surface area contributed by atoms with E-state index < -0.39 is 0 Å². The molecule has 3 heteroatoms. The number of hydrogen-bond donors (Lipinski definition) is 2. The number of carbonyl (C=O) groups excluding carboxylic acids is 1. The minimum atomic E-state index is -0.317. The lowest BCUT2D eigenvalue weighted by Crippen LogP contribution is -2.35. The van der Waals surface area contributed by atoms with Crippen molar-refractivity contribution >= 4 is 11.6 Å². The molecule has 70 valence electrons. The summed E-state index contributed by atoms with van der Waals surface area (Å²) < 4.78 is 0. The average Bonchev–Trinajstić information content (AvgIpc) is 1.85. The molecular formula is C9H18N2O. The van der Waals surface area contributed by atoms with Crippen LogP contribution in [0, 0.1) is 23.2 Å². The maximum absolute atomic E-state index is 11.4. The van der Waals surface area contributed by atoms with Gasteiger partial charge in [-0.15, -0.1) is 0 Å². The van der Waals surface area contributed by atoms with Gasteiger partial charge in [0, 0.05) is 5.92 Å². The smallest absolute Gasteiger partial charge is 0.200 e. The van der Waals surface area contributed by atoms with E-state index in [4.69, 9.17) is 11.1 Å². The van der Waals surface area contributed by atoms with Crippen LogP contribution in [-0.4, -0.2) is 11.6 Å². The number of ketones is 1. The van der Waals surface area contributed by atoms with Gasteiger partial charge in [-0.2, -0.15) is 0 Å². The summed E-state index contributed by atoms with van der Waals surface area (Å²) in [5, 5.41) is 7.05. The van der Waals surface area contributed by atoms with Crippen LogP contribution in [-0.2, 0) is 4.79 Å². The van der Waals surface area contributed by atoms with E-state index in [9.17, 15) is 4.79 Å². The third-order valence-corrected chi connectivity index (χ3v) is 2.00. The molecule has 3 N–H and O–H groups in total. The normalized spacial score (nSPS) is 11.2.